The normalized spacial score (nSPS) is 30.7. The summed E-state index contributed by atoms with van der Waals surface area (Å²) in [5.41, 5.74) is 2.86. The third-order valence-corrected chi connectivity index (χ3v) is 3.44. The molecule has 0 aromatic carbocycles. The lowest BCUT2D eigenvalue weighted by atomic mass is 9.99. The fourth-order valence-electron chi connectivity index (χ4n) is 1.82. The van der Waals surface area contributed by atoms with Crippen LogP contribution < -0.4 is 5.32 Å². The van der Waals surface area contributed by atoms with Crippen LogP contribution in [0, 0.1) is 0 Å². The van der Waals surface area contributed by atoms with E-state index >= 15 is 0 Å². The van der Waals surface area contributed by atoms with E-state index in [4.69, 9.17) is 11.6 Å². The molecule has 0 spiro atoms. The number of halogens is 1. The molecule has 0 bridgehead atoms. The average Bonchev–Trinajstić information content (AvgIpc) is 2.19. The number of likely N-dealkylation sites (tertiary alicyclic amines) is 1. The summed E-state index contributed by atoms with van der Waals surface area (Å²) in [6, 6.07) is 1.36. The van der Waals surface area contributed by atoms with Crippen LogP contribution >= 0.6 is 11.6 Å². The van der Waals surface area contributed by atoms with Gasteiger partial charge in [-0.2, -0.15) is 0 Å². The van der Waals surface area contributed by atoms with Crippen molar-refractivity contribution in [3.8, 4) is 0 Å². The molecule has 1 aliphatic rings. The molecule has 0 aliphatic carbocycles. The molecule has 0 radical (unpaired) electrons. The minimum Gasteiger partial charge on any atom is -0.310 e. The van der Waals surface area contributed by atoms with Gasteiger partial charge in [0, 0.05) is 24.2 Å². The van der Waals surface area contributed by atoms with Crippen LogP contribution in [-0.4, -0.2) is 37.1 Å². The quantitative estimate of drug-likeness (QED) is 0.778. The van der Waals surface area contributed by atoms with Gasteiger partial charge in [-0.3, -0.25) is 0 Å². The molecule has 82 valence electrons. The molecule has 0 aromatic heterocycles. The summed E-state index contributed by atoms with van der Waals surface area (Å²) in [4.78, 5) is 2.42. The Morgan fingerprint density at radius 1 is 1.64 bits per heavy atom. The van der Waals surface area contributed by atoms with E-state index in [2.05, 4.69) is 31.1 Å². The summed E-state index contributed by atoms with van der Waals surface area (Å²) in [7, 11) is 2.20. The number of piperidine rings is 1. The van der Waals surface area contributed by atoms with Crippen LogP contribution in [0.4, 0.5) is 0 Å². The predicted molar refractivity (Wildman–Crippen MR) is 62.7 cm³/mol. The Balaban J connectivity index is 2.26. The Kier molecular flexibility index (Phi) is 4.93. The summed E-state index contributed by atoms with van der Waals surface area (Å²) in [6.45, 7) is 6.46. The highest BCUT2D eigenvalue weighted by Crippen LogP contribution is 2.15. The van der Waals surface area contributed by atoms with Gasteiger partial charge in [0.15, 0.2) is 0 Å². The van der Waals surface area contributed by atoms with Crippen molar-refractivity contribution >= 4 is 11.6 Å². The first-order chi connectivity index (χ1) is 6.63. The lowest BCUT2D eigenvalue weighted by molar-refractivity contribution is 0.170. The van der Waals surface area contributed by atoms with E-state index in [0.29, 0.717) is 12.1 Å². The second kappa shape index (κ2) is 5.74. The topological polar surface area (TPSA) is 15.3 Å². The third-order valence-electron chi connectivity index (χ3n) is 3.06. The summed E-state index contributed by atoms with van der Waals surface area (Å²) in [5, 5.41) is 3.54. The lowest BCUT2D eigenvalue weighted by Crippen LogP contribution is -2.45. The van der Waals surface area contributed by atoms with Crippen molar-refractivity contribution in [2.75, 3.05) is 20.1 Å². The Bertz CT molecular complexity index is 203. The van der Waals surface area contributed by atoms with Gasteiger partial charge >= 0.3 is 0 Å². The number of nitrogens with zero attached hydrogens (tertiary/aromatic N) is 1. The van der Waals surface area contributed by atoms with E-state index in [9.17, 15) is 0 Å². The highest BCUT2D eigenvalue weighted by atomic mass is 35.5. The Morgan fingerprint density at radius 2 is 2.36 bits per heavy atom. The zero-order chi connectivity index (χ0) is 10.6. The SMILES string of the molecule is CC(=CCl)CNC1CCN(C)C(C)C1. The van der Waals surface area contributed by atoms with Crippen LogP contribution in [-0.2, 0) is 0 Å². The van der Waals surface area contributed by atoms with E-state index in [0.717, 1.165) is 6.54 Å². The zero-order valence-electron chi connectivity index (χ0n) is 9.39. The zero-order valence-corrected chi connectivity index (χ0v) is 10.1. The van der Waals surface area contributed by atoms with Gasteiger partial charge in [-0.25, -0.2) is 0 Å². The van der Waals surface area contributed by atoms with E-state index < -0.39 is 0 Å². The predicted octanol–water partition coefficient (Wildman–Crippen LogP) is 2.20. The molecule has 1 rings (SSSR count). The third kappa shape index (κ3) is 3.60. The van der Waals surface area contributed by atoms with E-state index in [1.54, 1.807) is 5.54 Å². The van der Waals surface area contributed by atoms with Gasteiger partial charge in [-0.1, -0.05) is 11.6 Å². The van der Waals surface area contributed by atoms with Crippen molar-refractivity contribution in [2.45, 2.75) is 38.8 Å². The van der Waals surface area contributed by atoms with E-state index in [-0.39, 0.29) is 0 Å². The second-order valence-electron chi connectivity index (χ2n) is 4.39. The molecule has 0 amide bonds. The first kappa shape index (κ1) is 12.0. The van der Waals surface area contributed by atoms with Gasteiger partial charge in [-0.15, -0.1) is 0 Å². The largest absolute Gasteiger partial charge is 0.310 e. The standard InChI is InChI=1S/C11H21ClN2/c1-9(7-12)8-13-11-4-5-14(3)10(2)6-11/h7,10-11,13H,4-6,8H2,1-3H3. The van der Waals surface area contributed by atoms with Gasteiger partial charge in [-0.05, 0) is 45.9 Å². The molecular formula is C11H21ClN2. The molecule has 0 saturated carbocycles. The molecule has 0 aromatic rings. The fraction of sp³-hybridized carbons (Fsp3) is 0.818. The summed E-state index contributed by atoms with van der Waals surface area (Å²) < 4.78 is 0. The van der Waals surface area contributed by atoms with Gasteiger partial charge in [0.25, 0.3) is 0 Å². The maximum absolute atomic E-state index is 5.61. The summed E-state index contributed by atoms with van der Waals surface area (Å²) in [6.07, 6.45) is 2.49. The Labute approximate surface area is 92.3 Å². The smallest absolute Gasteiger partial charge is 0.0176 e. The number of hydrogen-bond donors (Lipinski definition) is 1. The molecule has 1 aliphatic heterocycles. The molecule has 14 heavy (non-hydrogen) atoms. The van der Waals surface area contributed by atoms with Gasteiger partial charge in [0.05, 0.1) is 0 Å². The maximum atomic E-state index is 5.61. The number of rotatable bonds is 3. The number of hydrogen-bond acceptors (Lipinski definition) is 2. The molecule has 2 unspecified atom stereocenters. The van der Waals surface area contributed by atoms with Crippen LogP contribution in [0.25, 0.3) is 0 Å². The van der Waals surface area contributed by atoms with Crippen LogP contribution in [0.5, 0.6) is 0 Å². The molecule has 1 N–H and O–H groups in total. The van der Waals surface area contributed by atoms with Crippen LogP contribution in [0.2, 0.25) is 0 Å². The highest BCUT2D eigenvalue weighted by molar-refractivity contribution is 6.25. The second-order valence-corrected chi connectivity index (χ2v) is 4.61. The molecule has 1 saturated heterocycles. The van der Waals surface area contributed by atoms with Gasteiger partial charge in [0.2, 0.25) is 0 Å². The van der Waals surface area contributed by atoms with Crippen molar-refractivity contribution in [1.29, 1.82) is 0 Å². The first-order valence-corrected chi connectivity index (χ1v) is 5.76. The van der Waals surface area contributed by atoms with E-state index in [1.807, 2.05) is 0 Å². The Morgan fingerprint density at radius 3 is 2.93 bits per heavy atom. The fourth-order valence-corrected chi connectivity index (χ4v) is 1.90. The summed E-state index contributed by atoms with van der Waals surface area (Å²) >= 11 is 5.61. The first-order valence-electron chi connectivity index (χ1n) is 5.33. The number of nitrogens with one attached hydrogen (secondary N) is 1. The molecule has 2 nitrogen and oxygen atoms in total. The van der Waals surface area contributed by atoms with Crippen molar-refractivity contribution < 1.29 is 0 Å². The van der Waals surface area contributed by atoms with E-state index in [1.165, 1.54) is 25.0 Å². The van der Waals surface area contributed by atoms with Gasteiger partial charge in [0.1, 0.15) is 0 Å². The van der Waals surface area contributed by atoms with Gasteiger partial charge < -0.3 is 10.2 Å². The van der Waals surface area contributed by atoms with Crippen molar-refractivity contribution in [1.82, 2.24) is 10.2 Å². The van der Waals surface area contributed by atoms with Crippen LogP contribution in [0.1, 0.15) is 26.7 Å². The highest BCUT2D eigenvalue weighted by Gasteiger charge is 2.21. The van der Waals surface area contributed by atoms with Crippen LogP contribution in [0.3, 0.4) is 0 Å². The molecule has 1 heterocycles. The molecular weight excluding hydrogens is 196 g/mol. The minimum atomic E-state index is 0.660. The van der Waals surface area contributed by atoms with Crippen molar-refractivity contribution in [3.63, 3.8) is 0 Å². The average molecular weight is 217 g/mol. The van der Waals surface area contributed by atoms with Crippen LogP contribution in [0.15, 0.2) is 11.1 Å². The monoisotopic (exact) mass is 216 g/mol. The Hall–Kier alpha value is -0.0500. The molecule has 2 atom stereocenters. The van der Waals surface area contributed by atoms with Crippen molar-refractivity contribution in [2.24, 2.45) is 0 Å². The molecule has 1 fully saturated rings. The van der Waals surface area contributed by atoms with Crippen molar-refractivity contribution in [3.05, 3.63) is 11.1 Å². The molecule has 3 heteroatoms. The minimum absolute atomic E-state index is 0.660. The maximum Gasteiger partial charge on any atom is 0.0176 e. The summed E-state index contributed by atoms with van der Waals surface area (Å²) in [5.74, 6) is 0. The lowest BCUT2D eigenvalue weighted by Gasteiger charge is -2.35.